The lowest BCUT2D eigenvalue weighted by atomic mass is 10.1. The molecule has 0 aliphatic carbocycles. The van der Waals surface area contributed by atoms with E-state index in [1.807, 2.05) is 32.3 Å². The summed E-state index contributed by atoms with van der Waals surface area (Å²) in [7, 11) is 4.04. The summed E-state index contributed by atoms with van der Waals surface area (Å²) >= 11 is 12.2. The molecule has 0 fully saturated rings. The predicted molar refractivity (Wildman–Crippen MR) is 92.2 cm³/mol. The lowest BCUT2D eigenvalue weighted by Crippen LogP contribution is -2.26. The third kappa shape index (κ3) is 3.55. The fourth-order valence-electron chi connectivity index (χ4n) is 2.35. The molecule has 0 radical (unpaired) electrons. The highest BCUT2D eigenvalue weighted by Gasteiger charge is 2.16. The number of fused-ring (bicyclic) bond motifs is 1. The van der Waals surface area contributed by atoms with Crippen molar-refractivity contribution in [3.8, 4) is 0 Å². The maximum atomic E-state index is 6.16. The van der Waals surface area contributed by atoms with Gasteiger partial charge in [0.25, 0.3) is 5.78 Å². The molecular weight excluding hydrogens is 335 g/mol. The maximum absolute atomic E-state index is 6.16. The summed E-state index contributed by atoms with van der Waals surface area (Å²) in [6.45, 7) is 0.774. The van der Waals surface area contributed by atoms with Gasteiger partial charge >= 0.3 is 0 Å². The summed E-state index contributed by atoms with van der Waals surface area (Å²) in [6, 6.07) is 7.53. The molecule has 8 heteroatoms. The minimum absolute atomic E-state index is 0.00886. The zero-order valence-electron chi connectivity index (χ0n) is 12.7. The summed E-state index contributed by atoms with van der Waals surface area (Å²) in [4.78, 5) is 10.4. The maximum Gasteiger partial charge on any atom is 0.254 e. The third-order valence-corrected chi connectivity index (χ3v) is 4.14. The average molecular weight is 351 g/mol. The first-order valence-electron chi connectivity index (χ1n) is 7.05. The number of halogens is 2. The summed E-state index contributed by atoms with van der Waals surface area (Å²) < 4.78 is 1.67. The number of hydrogen-bond donors (Lipinski definition) is 1. The van der Waals surface area contributed by atoms with Crippen LogP contribution in [-0.2, 0) is 0 Å². The van der Waals surface area contributed by atoms with Gasteiger partial charge in [0.15, 0.2) is 0 Å². The molecule has 3 aromatic rings. The van der Waals surface area contributed by atoms with E-state index in [1.165, 1.54) is 6.33 Å². The number of nitrogens with zero attached hydrogens (tertiary/aromatic N) is 5. The average Bonchev–Trinajstić information content (AvgIpc) is 2.98. The van der Waals surface area contributed by atoms with Gasteiger partial charge in [0.2, 0.25) is 0 Å². The first-order chi connectivity index (χ1) is 11.0. The van der Waals surface area contributed by atoms with Gasteiger partial charge in [0.05, 0.1) is 16.1 Å². The van der Waals surface area contributed by atoms with Crippen molar-refractivity contribution in [1.29, 1.82) is 0 Å². The molecule has 120 valence electrons. The first-order valence-corrected chi connectivity index (χ1v) is 7.81. The van der Waals surface area contributed by atoms with Crippen LogP contribution in [0, 0.1) is 0 Å². The van der Waals surface area contributed by atoms with E-state index >= 15 is 0 Å². The van der Waals surface area contributed by atoms with Crippen molar-refractivity contribution in [3.63, 3.8) is 0 Å². The van der Waals surface area contributed by atoms with E-state index in [0.29, 0.717) is 15.8 Å². The van der Waals surface area contributed by atoms with Crippen LogP contribution in [0.15, 0.2) is 36.8 Å². The molecule has 0 bridgehead atoms. The second-order valence-corrected chi connectivity index (χ2v) is 6.25. The summed E-state index contributed by atoms with van der Waals surface area (Å²) in [6.07, 6.45) is 3.18. The molecule has 0 aliphatic heterocycles. The van der Waals surface area contributed by atoms with Gasteiger partial charge in [0.1, 0.15) is 12.1 Å². The number of hydrogen-bond acceptors (Lipinski definition) is 5. The number of aromatic nitrogens is 4. The molecule has 1 atom stereocenters. The van der Waals surface area contributed by atoms with Crippen LogP contribution in [0.2, 0.25) is 10.0 Å². The molecule has 6 nitrogen and oxygen atoms in total. The van der Waals surface area contributed by atoms with Crippen LogP contribution in [-0.4, -0.2) is 45.1 Å². The lowest BCUT2D eigenvalue weighted by Gasteiger charge is -2.24. The van der Waals surface area contributed by atoms with Crippen molar-refractivity contribution in [1.82, 2.24) is 24.5 Å². The van der Waals surface area contributed by atoms with Crippen molar-refractivity contribution in [2.45, 2.75) is 6.04 Å². The number of anilines is 1. The van der Waals surface area contributed by atoms with Crippen molar-refractivity contribution < 1.29 is 0 Å². The van der Waals surface area contributed by atoms with Crippen LogP contribution >= 0.6 is 23.2 Å². The predicted octanol–water partition coefficient (Wildman–Crippen LogP) is 3.15. The van der Waals surface area contributed by atoms with Crippen LogP contribution in [0.1, 0.15) is 11.6 Å². The summed E-state index contributed by atoms with van der Waals surface area (Å²) in [5.74, 6) is 1.36. The molecule has 3 rings (SSSR count). The van der Waals surface area contributed by atoms with Gasteiger partial charge < -0.3 is 10.2 Å². The van der Waals surface area contributed by atoms with E-state index in [9.17, 15) is 0 Å². The van der Waals surface area contributed by atoms with Gasteiger partial charge in [-0.05, 0) is 37.9 Å². The van der Waals surface area contributed by atoms with Crippen molar-refractivity contribution in [2.75, 3.05) is 26.0 Å². The van der Waals surface area contributed by atoms with E-state index in [-0.39, 0.29) is 6.04 Å². The van der Waals surface area contributed by atoms with Crippen LogP contribution in [0.3, 0.4) is 0 Å². The molecular formula is C15H16Cl2N6. The molecule has 2 heterocycles. The highest BCUT2D eigenvalue weighted by molar-refractivity contribution is 6.42. The zero-order chi connectivity index (χ0) is 16.4. The van der Waals surface area contributed by atoms with Gasteiger partial charge in [-0.15, -0.1) is 0 Å². The Labute approximate surface area is 144 Å². The standard InChI is InChI=1S/C15H16Cl2N6/c1-22(2)8-13(10-3-4-11(16)12(17)7-10)21-14-5-6-18-15-19-9-20-23(14)15/h3-7,9,13,21H,8H2,1-2H3. The molecule has 0 saturated carbocycles. The van der Waals surface area contributed by atoms with Gasteiger partial charge in [0, 0.05) is 12.7 Å². The first kappa shape index (κ1) is 16.0. The quantitative estimate of drug-likeness (QED) is 0.765. The molecule has 23 heavy (non-hydrogen) atoms. The Balaban J connectivity index is 1.96. The second kappa shape index (κ2) is 6.70. The minimum Gasteiger partial charge on any atom is -0.362 e. The molecule has 0 aliphatic rings. The molecule has 0 amide bonds. The molecule has 0 spiro atoms. The van der Waals surface area contributed by atoms with Gasteiger partial charge in [-0.2, -0.15) is 14.6 Å². The Bertz CT molecular complexity index is 817. The number of nitrogens with one attached hydrogen (secondary N) is 1. The van der Waals surface area contributed by atoms with E-state index in [2.05, 4.69) is 25.3 Å². The Kier molecular flexibility index (Phi) is 4.66. The van der Waals surface area contributed by atoms with Crippen molar-refractivity contribution in [2.24, 2.45) is 0 Å². The molecule has 1 N–H and O–H groups in total. The van der Waals surface area contributed by atoms with Gasteiger partial charge in [-0.25, -0.2) is 4.98 Å². The van der Waals surface area contributed by atoms with E-state index in [0.717, 1.165) is 17.9 Å². The largest absolute Gasteiger partial charge is 0.362 e. The highest BCUT2D eigenvalue weighted by atomic mass is 35.5. The Hall–Kier alpha value is -1.89. The third-order valence-electron chi connectivity index (χ3n) is 3.40. The number of likely N-dealkylation sites (N-methyl/N-ethyl adjacent to an activating group) is 1. The SMILES string of the molecule is CN(C)CC(Nc1ccnc2ncnn12)c1ccc(Cl)c(Cl)c1. The fourth-order valence-corrected chi connectivity index (χ4v) is 2.66. The zero-order valence-corrected chi connectivity index (χ0v) is 14.3. The van der Waals surface area contributed by atoms with Gasteiger partial charge in [-0.3, -0.25) is 0 Å². The monoisotopic (exact) mass is 350 g/mol. The Morgan fingerprint density at radius 1 is 1.17 bits per heavy atom. The molecule has 0 saturated heterocycles. The molecule has 2 aromatic heterocycles. The normalized spacial score (nSPS) is 12.7. The number of rotatable bonds is 5. The smallest absolute Gasteiger partial charge is 0.254 e. The Morgan fingerprint density at radius 3 is 2.74 bits per heavy atom. The molecule has 1 unspecified atom stereocenters. The Morgan fingerprint density at radius 2 is 2.00 bits per heavy atom. The van der Waals surface area contributed by atoms with Crippen LogP contribution in [0.5, 0.6) is 0 Å². The fraction of sp³-hybridized carbons (Fsp3) is 0.267. The summed E-state index contributed by atoms with van der Waals surface area (Å²) in [5, 5.41) is 8.76. The van der Waals surface area contributed by atoms with Crippen molar-refractivity contribution in [3.05, 3.63) is 52.4 Å². The van der Waals surface area contributed by atoms with E-state index in [4.69, 9.17) is 23.2 Å². The number of benzene rings is 1. The van der Waals surface area contributed by atoms with E-state index < -0.39 is 0 Å². The molecule has 1 aromatic carbocycles. The van der Waals surface area contributed by atoms with Gasteiger partial charge in [-0.1, -0.05) is 29.3 Å². The van der Waals surface area contributed by atoms with Crippen LogP contribution in [0.25, 0.3) is 5.78 Å². The lowest BCUT2D eigenvalue weighted by molar-refractivity contribution is 0.386. The topological polar surface area (TPSA) is 58.3 Å². The summed E-state index contributed by atoms with van der Waals surface area (Å²) in [5.41, 5.74) is 1.04. The minimum atomic E-state index is 0.00886. The highest BCUT2D eigenvalue weighted by Crippen LogP contribution is 2.27. The second-order valence-electron chi connectivity index (χ2n) is 5.43. The van der Waals surface area contributed by atoms with Crippen LogP contribution in [0.4, 0.5) is 5.82 Å². The van der Waals surface area contributed by atoms with E-state index in [1.54, 1.807) is 16.8 Å². The van der Waals surface area contributed by atoms with Crippen molar-refractivity contribution >= 4 is 34.8 Å². The van der Waals surface area contributed by atoms with Crippen LogP contribution < -0.4 is 5.32 Å².